The number of anilines is 1. The third-order valence-electron chi connectivity index (χ3n) is 5.27. The molecule has 1 atom stereocenters. The van der Waals surface area contributed by atoms with Crippen molar-refractivity contribution in [1.29, 1.82) is 0 Å². The monoisotopic (exact) mass is 530 g/mol. The number of sulfonamides is 1. The molecular weight excluding hydrogens is 515 g/mol. The average Bonchev–Trinajstić information content (AvgIpc) is 3.13. The first kappa shape index (κ1) is 24.5. The lowest BCUT2D eigenvalue weighted by atomic mass is 9.83. The smallest absolute Gasteiger partial charge is 0.341 e. The SMILES string of the molecule is O=C(O)/C=C\C1=c2c(Cl)cc(Cl)cc2=NC1(C(=O)O)c1cccc(NS(=O)(=O)c2ccccc2)c1. The molecule has 0 bridgehead atoms. The molecule has 1 aliphatic rings. The van der Waals surface area contributed by atoms with E-state index in [1.165, 1.54) is 48.5 Å². The summed E-state index contributed by atoms with van der Waals surface area (Å²) in [4.78, 5) is 28.4. The van der Waals surface area contributed by atoms with Gasteiger partial charge in [0, 0.05) is 27.6 Å². The van der Waals surface area contributed by atoms with E-state index in [9.17, 15) is 28.2 Å². The number of aliphatic carboxylic acids is 2. The van der Waals surface area contributed by atoms with Gasteiger partial charge in [-0.2, -0.15) is 0 Å². The van der Waals surface area contributed by atoms with E-state index < -0.39 is 27.5 Å². The third-order valence-corrected chi connectivity index (χ3v) is 7.18. The van der Waals surface area contributed by atoms with Crippen molar-refractivity contribution in [3.63, 3.8) is 0 Å². The Bertz CT molecular complexity index is 1620. The number of carboxylic acids is 2. The fourth-order valence-corrected chi connectivity index (χ4v) is 5.48. The number of hydrogen-bond acceptors (Lipinski definition) is 5. The minimum Gasteiger partial charge on any atom is -0.479 e. The summed E-state index contributed by atoms with van der Waals surface area (Å²) >= 11 is 12.4. The first-order chi connectivity index (χ1) is 16.5. The molecule has 1 heterocycles. The van der Waals surface area contributed by atoms with Crippen molar-refractivity contribution in [3.05, 3.63) is 105 Å². The van der Waals surface area contributed by atoms with Crippen LogP contribution in [-0.4, -0.2) is 30.6 Å². The van der Waals surface area contributed by atoms with Gasteiger partial charge in [-0.05, 0) is 48.0 Å². The summed E-state index contributed by atoms with van der Waals surface area (Å²) < 4.78 is 28.0. The van der Waals surface area contributed by atoms with Crippen molar-refractivity contribution in [3.8, 4) is 0 Å². The molecule has 1 unspecified atom stereocenters. The van der Waals surface area contributed by atoms with Gasteiger partial charge in [-0.1, -0.05) is 53.5 Å². The van der Waals surface area contributed by atoms with Crippen LogP contribution in [0.25, 0.3) is 5.57 Å². The normalized spacial score (nSPS) is 17.1. The highest BCUT2D eigenvalue weighted by Crippen LogP contribution is 2.39. The molecule has 3 aromatic rings. The predicted molar refractivity (Wildman–Crippen MR) is 130 cm³/mol. The molecule has 178 valence electrons. The number of halogens is 2. The van der Waals surface area contributed by atoms with Gasteiger partial charge in [0.25, 0.3) is 10.0 Å². The second kappa shape index (κ2) is 9.18. The highest BCUT2D eigenvalue weighted by molar-refractivity contribution is 7.92. The molecule has 0 spiro atoms. The van der Waals surface area contributed by atoms with E-state index in [1.54, 1.807) is 18.2 Å². The number of benzene rings is 3. The highest BCUT2D eigenvalue weighted by atomic mass is 35.5. The lowest BCUT2D eigenvalue weighted by Gasteiger charge is -2.25. The van der Waals surface area contributed by atoms with Crippen LogP contribution in [0.1, 0.15) is 5.56 Å². The fraction of sp³-hybridized carbons (Fsp3) is 0.0417. The molecule has 0 fully saturated rings. The molecule has 0 aliphatic carbocycles. The van der Waals surface area contributed by atoms with Crippen molar-refractivity contribution in [1.82, 2.24) is 0 Å². The van der Waals surface area contributed by atoms with Crippen LogP contribution in [-0.2, 0) is 25.2 Å². The highest BCUT2D eigenvalue weighted by Gasteiger charge is 2.46. The van der Waals surface area contributed by atoms with Gasteiger partial charge in [0.15, 0.2) is 0 Å². The Morgan fingerprint density at radius 3 is 2.34 bits per heavy atom. The maximum atomic E-state index is 12.8. The van der Waals surface area contributed by atoms with E-state index in [0.29, 0.717) is 0 Å². The molecule has 1 aliphatic heterocycles. The number of carbonyl (C=O) groups is 2. The van der Waals surface area contributed by atoms with Crippen LogP contribution < -0.4 is 15.3 Å². The topological polar surface area (TPSA) is 133 Å². The van der Waals surface area contributed by atoms with E-state index >= 15 is 0 Å². The molecule has 0 saturated heterocycles. The molecule has 8 nitrogen and oxygen atoms in total. The summed E-state index contributed by atoms with van der Waals surface area (Å²) in [6.45, 7) is 0. The molecule has 3 N–H and O–H groups in total. The Kier molecular flexibility index (Phi) is 6.42. The molecule has 3 aromatic carbocycles. The Hall–Kier alpha value is -3.66. The van der Waals surface area contributed by atoms with Crippen LogP contribution in [0.2, 0.25) is 10.0 Å². The lowest BCUT2D eigenvalue weighted by Crippen LogP contribution is -2.35. The van der Waals surface area contributed by atoms with Crippen molar-refractivity contribution in [2.75, 3.05) is 4.72 Å². The van der Waals surface area contributed by atoms with Crippen molar-refractivity contribution in [2.24, 2.45) is 4.99 Å². The number of nitrogens with zero attached hydrogens (tertiary/aromatic N) is 1. The zero-order valence-electron chi connectivity index (χ0n) is 17.6. The third kappa shape index (κ3) is 4.53. The van der Waals surface area contributed by atoms with Gasteiger partial charge in [0.2, 0.25) is 5.54 Å². The molecule has 11 heteroatoms. The van der Waals surface area contributed by atoms with Crippen molar-refractivity contribution < 1.29 is 28.2 Å². The summed E-state index contributed by atoms with van der Waals surface area (Å²) in [5.74, 6) is -2.73. The van der Waals surface area contributed by atoms with Gasteiger partial charge in [-0.25, -0.2) is 18.0 Å². The minimum atomic E-state index is -3.96. The molecule has 0 aromatic heterocycles. The van der Waals surface area contributed by atoms with E-state index in [0.717, 1.165) is 12.2 Å². The Morgan fingerprint density at radius 2 is 1.69 bits per heavy atom. The largest absolute Gasteiger partial charge is 0.479 e. The van der Waals surface area contributed by atoms with Crippen molar-refractivity contribution in [2.45, 2.75) is 10.4 Å². The van der Waals surface area contributed by atoms with Crippen LogP contribution in [0.4, 0.5) is 5.69 Å². The molecule has 4 rings (SSSR count). The zero-order valence-corrected chi connectivity index (χ0v) is 20.0. The molecule has 35 heavy (non-hydrogen) atoms. The first-order valence-corrected chi connectivity index (χ1v) is 12.2. The predicted octanol–water partition coefficient (Wildman–Crippen LogP) is 3.20. The fourth-order valence-electron chi connectivity index (χ4n) is 3.82. The summed E-state index contributed by atoms with van der Waals surface area (Å²) in [6, 6.07) is 16.2. The van der Waals surface area contributed by atoms with Crippen LogP contribution in [0, 0.1) is 0 Å². The van der Waals surface area contributed by atoms with E-state index in [-0.39, 0.29) is 42.3 Å². The first-order valence-electron chi connectivity index (χ1n) is 9.97. The standard InChI is InChI=1S/C24H16Cl2N2O6S/c25-15-12-19(26)22-18(9-10-21(29)30)24(23(31)32,27-20(22)13-15)14-5-4-6-16(11-14)28-35(33,34)17-7-2-1-3-8-17/h1-13,28H,(H,29,30)(H,31,32)/b10-9-. The maximum Gasteiger partial charge on any atom is 0.341 e. The molecule has 0 saturated carbocycles. The van der Waals surface area contributed by atoms with Crippen LogP contribution in [0.5, 0.6) is 0 Å². The van der Waals surface area contributed by atoms with E-state index in [4.69, 9.17) is 23.2 Å². The second-order valence-corrected chi connectivity index (χ2v) is 10.0. The zero-order chi connectivity index (χ0) is 25.4. The Balaban J connectivity index is 1.93. The molecular formula is C24H16Cl2N2O6S. The number of hydrogen-bond donors (Lipinski definition) is 3. The van der Waals surface area contributed by atoms with Crippen LogP contribution in [0.15, 0.2) is 88.8 Å². The number of fused-ring (bicyclic) bond motifs is 1. The number of nitrogens with one attached hydrogen (secondary N) is 1. The van der Waals surface area contributed by atoms with Gasteiger partial charge in [0.1, 0.15) is 0 Å². The van der Waals surface area contributed by atoms with Gasteiger partial charge in [0.05, 0.1) is 15.3 Å². The van der Waals surface area contributed by atoms with Gasteiger partial charge in [-0.3, -0.25) is 9.71 Å². The van der Waals surface area contributed by atoms with E-state index in [1.807, 2.05) is 0 Å². The quantitative estimate of drug-likeness (QED) is 0.401. The second-order valence-electron chi connectivity index (χ2n) is 7.49. The lowest BCUT2D eigenvalue weighted by molar-refractivity contribution is -0.141. The van der Waals surface area contributed by atoms with Gasteiger partial charge >= 0.3 is 11.9 Å². The van der Waals surface area contributed by atoms with Crippen molar-refractivity contribution >= 4 is 56.4 Å². The summed E-state index contributed by atoms with van der Waals surface area (Å²) in [7, 11) is -3.96. The van der Waals surface area contributed by atoms with Gasteiger partial charge < -0.3 is 10.2 Å². The summed E-state index contributed by atoms with van der Waals surface area (Å²) in [5.41, 5.74) is -1.96. The minimum absolute atomic E-state index is 0.00728. The summed E-state index contributed by atoms with van der Waals surface area (Å²) in [6.07, 6.45) is 1.90. The van der Waals surface area contributed by atoms with Gasteiger partial charge in [-0.15, -0.1) is 0 Å². The Labute approximate surface area is 209 Å². The number of rotatable bonds is 7. The van der Waals surface area contributed by atoms with Crippen LogP contribution >= 0.6 is 23.2 Å². The summed E-state index contributed by atoms with van der Waals surface area (Å²) in [5, 5.41) is 20.2. The molecule has 0 amide bonds. The maximum absolute atomic E-state index is 12.8. The average molecular weight is 531 g/mol. The molecule has 0 radical (unpaired) electrons. The van der Waals surface area contributed by atoms with Crippen LogP contribution in [0.3, 0.4) is 0 Å². The Morgan fingerprint density at radius 1 is 0.971 bits per heavy atom. The number of carboxylic acid groups (broad SMARTS) is 2. The van der Waals surface area contributed by atoms with E-state index in [2.05, 4.69) is 9.71 Å².